The fraction of sp³-hybridized carbons (Fsp3) is 0.167. The van der Waals surface area contributed by atoms with Crippen LogP contribution in [0.5, 0.6) is 0 Å². The summed E-state index contributed by atoms with van der Waals surface area (Å²) in [5, 5.41) is 11.5. The number of aromatic nitrogens is 2. The van der Waals surface area contributed by atoms with Gasteiger partial charge < -0.3 is 0 Å². The molecule has 0 fully saturated rings. The molecule has 0 saturated carbocycles. The zero-order valence-electron chi connectivity index (χ0n) is 12.1. The highest BCUT2D eigenvalue weighted by molar-refractivity contribution is 9.10. The average Bonchev–Trinajstić information content (AvgIpc) is 2.81. The minimum Gasteiger partial charge on any atom is -0.221 e. The quantitative estimate of drug-likeness (QED) is 0.365. The molecule has 0 amide bonds. The summed E-state index contributed by atoms with van der Waals surface area (Å²) in [6.45, 7) is 0. The zero-order chi connectivity index (χ0) is 20.9. The van der Waals surface area contributed by atoms with E-state index < -0.39 is 56.4 Å². The van der Waals surface area contributed by atoms with Crippen molar-refractivity contribution in [3.63, 3.8) is 0 Å². The second kappa shape index (κ2) is 7.24. The van der Waals surface area contributed by atoms with Gasteiger partial charge in [-0.05, 0) is 51.3 Å². The van der Waals surface area contributed by atoms with E-state index in [4.69, 9.17) is 51.7 Å². The molecule has 0 bridgehead atoms. The van der Waals surface area contributed by atoms with Crippen LogP contribution in [0.4, 0.5) is 17.6 Å². The summed E-state index contributed by atoms with van der Waals surface area (Å²) in [5.74, 6) is 0. The van der Waals surface area contributed by atoms with Crippen LogP contribution in [-0.4, -0.2) is 22.1 Å². The first-order valence-electron chi connectivity index (χ1n) is 6.19. The lowest BCUT2D eigenvalue weighted by molar-refractivity contribution is -0.137. The fourth-order valence-corrected chi connectivity index (χ4v) is 4.96. The molecule has 0 N–H and O–H groups in total. The Morgan fingerprint density at radius 3 is 2.00 bits per heavy atom. The van der Waals surface area contributed by atoms with Crippen molar-refractivity contribution in [1.29, 1.82) is 5.26 Å². The average molecular weight is 550 g/mol. The van der Waals surface area contributed by atoms with Gasteiger partial charge in [-0.3, -0.25) is 0 Å². The molecule has 5 nitrogen and oxygen atoms in total. The molecule has 15 heteroatoms. The van der Waals surface area contributed by atoms with Crippen molar-refractivity contribution in [3.8, 4) is 11.8 Å². The van der Waals surface area contributed by atoms with Crippen molar-refractivity contribution in [2.45, 2.75) is 15.0 Å². The van der Waals surface area contributed by atoms with Crippen LogP contribution < -0.4 is 0 Å². The summed E-state index contributed by atoms with van der Waals surface area (Å²) in [5.41, 5.74) is -2.43. The predicted octanol–water partition coefficient (Wildman–Crippen LogP) is 5.66. The van der Waals surface area contributed by atoms with Crippen LogP contribution in [0.1, 0.15) is 11.3 Å². The summed E-state index contributed by atoms with van der Waals surface area (Å²) in [4.78, 5) is -1.04. The summed E-state index contributed by atoms with van der Waals surface area (Å²) in [6.07, 6.45) is -4.76. The van der Waals surface area contributed by atoms with Gasteiger partial charge in [0.15, 0.2) is 5.69 Å². The summed E-state index contributed by atoms with van der Waals surface area (Å²) in [7, 11) is -5.15. The van der Waals surface area contributed by atoms with Crippen molar-refractivity contribution in [3.05, 3.63) is 38.0 Å². The zero-order valence-corrected chi connectivity index (χ0v) is 17.5. The predicted molar refractivity (Wildman–Crippen MR) is 93.7 cm³/mol. The van der Waals surface area contributed by atoms with Gasteiger partial charge >= 0.3 is 10.1 Å². The van der Waals surface area contributed by atoms with Crippen LogP contribution >= 0.6 is 62.3 Å². The molecule has 1 aromatic heterocycles. The molecule has 0 unspecified atom stereocenters. The van der Waals surface area contributed by atoms with Crippen LogP contribution in [0.3, 0.4) is 0 Å². The van der Waals surface area contributed by atoms with Crippen molar-refractivity contribution >= 4 is 72.2 Å². The monoisotopic (exact) mass is 547 g/mol. The van der Waals surface area contributed by atoms with E-state index in [0.717, 1.165) is 0 Å². The van der Waals surface area contributed by atoms with Gasteiger partial charge in [0.05, 0.1) is 15.6 Å². The van der Waals surface area contributed by atoms with E-state index in [9.17, 15) is 26.0 Å². The first kappa shape index (κ1) is 22.5. The van der Waals surface area contributed by atoms with Crippen molar-refractivity contribution < 1.29 is 26.0 Å². The minimum absolute atomic E-state index is 0.398. The highest BCUT2D eigenvalue weighted by Crippen LogP contribution is 2.43. The third-order valence-electron chi connectivity index (χ3n) is 3.02. The Kier molecular flexibility index (Phi) is 6.04. The number of nitrogens with zero attached hydrogens (tertiary/aromatic N) is 3. The Labute approximate surface area is 177 Å². The molecule has 0 aliphatic rings. The molecule has 146 valence electrons. The summed E-state index contributed by atoms with van der Waals surface area (Å²) < 4.78 is 72.7. The molecule has 0 radical (unpaired) electrons. The number of hydrogen-bond donors (Lipinski definition) is 0. The van der Waals surface area contributed by atoms with E-state index in [1.54, 1.807) is 0 Å². The first-order chi connectivity index (χ1) is 12.1. The van der Waals surface area contributed by atoms with Crippen LogP contribution in [0.2, 0.25) is 10.0 Å². The number of benzene rings is 1. The van der Waals surface area contributed by atoms with E-state index in [1.165, 1.54) is 6.07 Å². The maximum Gasteiger partial charge on any atom is 0.416 e. The second-order valence-corrected chi connectivity index (χ2v) is 9.95. The molecule has 0 aliphatic heterocycles. The van der Waals surface area contributed by atoms with Gasteiger partial charge in [0, 0.05) is 0 Å². The summed E-state index contributed by atoms with van der Waals surface area (Å²) in [6, 6.07) is 2.42. The van der Waals surface area contributed by atoms with Crippen molar-refractivity contribution in [1.82, 2.24) is 9.78 Å². The number of halogens is 9. The van der Waals surface area contributed by atoms with E-state index in [1.807, 2.05) is 0 Å². The maximum absolute atomic E-state index is 13.7. The fourth-order valence-electron chi connectivity index (χ4n) is 1.89. The van der Waals surface area contributed by atoms with Crippen LogP contribution in [0.25, 0.3) is 5.69 Å². The first-order valence-corrected chi connectivity index (χ1v) is 9.98. The molecule has 0 spiro atoms. The van der Waals surface area contributed by atoms with Gasteiger partial charge in [-0.2, -0.15) is 27.9 Å². The highest BCUT2D eigenvalue weighted by Gasteiger charge is 2.46. The van der Waals surface area contributed by atoms with E-state index in [0.29, 0.717) is 16.8 Å². The normalized spacial score (nSPS) is 12.9. The van der Waals surface area contributed by atoms with E-state index >= 15 is 0 Å². The van der Waals surface area contributed by atoms with Gasteiger partial charge in [0.2, 0.25) is 9.84 Å². The lowest BCUT2D eigenvalue weighted by atomic mass is 10.2. The molecule has 1 aromatic carbocycles. The summed E-state index contributed by atoms with van der Waals surface area (Å²) >= 11 is 24.5. The smallest absolute Gasteiger partial charge is 0.221 e. The lowest BCUT2D eigenvalue weighted by Gasteiger charge is -2.13. The Bertz CT molecular complexity index is 1050. The van der Waals surface area contributed by atoms with E-state index in [2.05, 4.69) is 21.0 Å². The maximum atomic E-state index is 13.7. The number of nitriles is 1. The topological polar surface area (TPSA) is 75.8 Å². The van der Waals surface area contributed by atoms with E-state index in [-0.39, 0.29) is 0 Å². The third-order valence-corrected chi connectivity index (χ3v) is 7.35. The van der Waals surface area contributed by atoms with Gasteiger partial charge in [-0.25, -0.2) is 13.1 Å². The van der Waals surface area contributed by atoms with Gasteiger partial charge in [-0.15, -0.1) is 0 Å². The van der Waals surface area contributed by atoms with Crippen molar-refractivity contribution in [2.75, 3.05) is 0 Å². The molecule has 2 aromatic rings. The molecule has 0 aliphatic carbocycles. The van der Waals surface area contributed by atoms with Crippen LogP contribution in [0.15, 0.2) is 21.6 Å². The standard InChI is InChI=1S/C12H2BrCl4F4N3O2S/c13-10-9(27(25,26)12(16,17)21)7(3-22)23-24(10)8-5(14)1-4(2-6(8)15)11(18,19)20/h1-2H. The number of sulfone groups is 1. The molecular weight excluding hydrogens is 548 g/mol. The SMILES string of the molecule is N#Cc1nn(-c2c(Cl)cc(C(F)(F)F)cc2Cl)c(Br)c1S(=O)(=O)C(F)(Cl)Cl. The van der Waals surface area contributed by atoms with Gasteiger partial charge in [0.25, 0.3) is 0 Å². The second-order valence-electron chi connectivity index (χ2n) is 4.73. The Morgan fingerprint density at radius 2 is 1.63 bits per heavy atom. The van der Waals surface area contributed by atoms with Crippen LogP contribution in [-0.2, 0) is 16.0 Å². The minimum atomic E-state index is -5.15. The van der Waals surface area contributed by atoms with Crippen molar-refractivity contribution in [2.24, 2.45) is 0 Å². The number of rotatable bonds is 3. The Hall–Kier alpha value is -0.770. The molecule has 2 rings (SSSR count). The Morgan fingerprint density at radius 1 is 1.15 bits per heavy atom. The third kappa shape index (κ3) is 4.02. The largest absolute Gasteiger partial charge is 0.416 e. The molecular formula is C12H2BrCl4F4N3O2S. The van der Waals surface area contributed by atoms with Gasteiger partial charge in [0.1, 0.15) is 21.3 Å². The van der Waals surface area contributed by atoms with Crippen LogP contribution in [0, 0.1) is 11.3 Å². The number of hydrogen-bond acceptors (Lipinski definition) is 4. The Balaban J connectivity index is 2.83. The molecule has 0 atom stereocenters. The number of alkyl halides is 6. The molecule has 0 saturated heterocycles. The molecule has 27 heavy (non-hydrogen) atoms. The lowest BCUT2D eigenvalue weighted by Crippen LogP contribution is -2.21. The molecule has 1 heterocycles. The van der Waals surface area contributed by atoms with Gasteiger partial charge in [-0.1, -0.05) is 23.2 Å². The highest BCUT2D eigenvalue weighted by atomic mass is 79.9.